The Morgan fingerprint density at radius 3 is 2.48 bits per heavy atom. The molecule has 0 fully saturated rings. The van der Waals surface area contributed by atoms with E-state index in [-0.39, 0.29) is 17.1 Å². The fourth-order valence-corrected chi connectivity index (χ4v) is 3.28. The molecule has 2 aromatic carbocycles. The number of rotatable bonds is 6. The van der Waals surface area contributed by atoms with E-state index in [0.29, 0.717) is 10.8 Å². The van der Waals surface area contributed by atoms with Gasteiger partial charge in [-0.2, -0.15) is 8.78 Å². The van der Waals surface area contributed by atoms with Crippen LogP contribution in [0, 0.1) is 6.92 Å². The molecular weight excluding hydrogens is 374 g/mol. The van der Waals surface area contributed by atoms with Crippen LogP contribution in [-0.4, -0.2) is 24.6 Å². The lowest BCUT2D eigenvalue weighted by Gasteiger charge is -2.21. The Hall–Kier alpha value is -3.00. The molecule has 0 unspecified atom stereocenters. The third-order valence-electron chi connectivity index (χ3n) is 3.64. The molecule has 1 amide bonds. The minimum atomic E-state index is -3.03. The van der Waals surface area contributed by atoms with Gasteiger partial charge in [0.15, 0.2) is 16.6 Å². The van der Waals surface area contributed by atoms with Crippen molar-refractivity contribution in [3.63, 3.8) is 0 Å². The molecule has 0 aliphatic heterocycles. The number of benzene rings is 2. The maximum Gasteiger partial charge on any atom is 0.387 e. The number of alkyl halides is 2. The van der Waals surface area contributed by atoms with E-state index in [9.17, 15) is 13.6 Å². The highest BCUT2D eigenvalue weighted by Crippen LogP contribution is 2.33. The first-order valence-corrected chi connectivity index (χ1v) is 8.82. The van der Waals surface area contributed by atoms with E-state index >= 15 is 0 Å². The van der Waals surface area contributed by atoms with Crippen LogP contribution in [0.1, 0.15) is 16.1 Å². The molecule has 140 valence electrons. The first-order chi connectivity index (χ1) is 13.0. The van der Waals surface area contributed by atoms with Crippen LogP contribution in [0.3, 0.4) is 0 Å². The zero-order valence-electron chi connectivity index (χ0n) is 14.6. The molecule has 0 aliphatic carbocycles. The van der Waals surface area contributed by atoms with Gasteiger partial charge in [0.2, 0.25) is 0 Å². The van der Waals surface area contributed by atoms with Gasteiger partial charge in [-0.15, -0.1) is 11.3 Å². The first-order valence-electron chi connectivity index (χ1n) is 7.94. The molecule has 8 heteroatoms. The number of carbonyl (C=O) groups is 1. The normalized spacial score (nSPS) is 10.7. The summed E-state index contributed by atoms with van der Waals surface area (Å²) in [5, 5.41) is 2.31. The summed E-state index contributed by atoms with van der Waals surface area (Å²) in [5.74, 6) is -0.512. The zero-order valence-corrected chi connectivity index (χ0v) is 15.4. The summed E-state index contributed by atoms with van der Waals surface area (Å²) in [5.41, 5.74) is 1.56. The lowest BCUT2D eigenvalue weighted by atomic mass is 10.1. The molecule has 0 bridgehead atoms. The van der Waals surface area contributed by atoms with Crippen molar-refractivity contribution in [3.8, 4) is 11.5 Å². The van der Waals surface area contributed by atoms with Crippen molar-refractivity contribution >= 4 is 28.1 Å². The molecule has 0 atom stereocenters. The van der Waals surface area contributed by atoms with Crippen molar-refractivity contribution in [1.29, 1.82) is 0 Å². The molecule has 1 aromatic heterocycles. The van der Waals surface area contributed by atoms with Crippen LogP contribution < -0.4 is 14.4 Å². The molecule has 0 saturated carbocycles. The van der Waals surface area contributed by atoms with Crippen molar-refractivity contribution in [2.24, 2.45) is 0 Å². The fraction of sp³-hybridized carbons (Fsp3) is 0.158. The van der Waals surface area contributed by atoms with Crippen molar-refractivity contribution in [3.05, 3.63) is 65.2 Å². The van der Waals surface area contributed by atoms with Gasteiger partial charge >= 0.3 is 6.61 Å². The highest BCUT2D eigenvalue weighted by atomic mass is 32.1. The predicted octanol–water partition coefficient (Wildman–Crippen LogP) is 5.04. The number of thiazole rings is 1. The Kier molecular flexibility index (Phi) is 5.66. The van der Waals surface area contributed by atoms with Gasteiger partial charge in [0, 0.05) is 10.9 Å². The number of ether oxygens (including phenoxy) is 2. The molecule has 0 spiro atoms. The second kappa shape index (κ2) is 8.13. The number of anilines is 2. The fourth-order valence-electron chi connectivity index (χ4n) is 2.46. The monoisotopic (exact) mass is 390 g/mol. The number of hydrogen-bond acceptors (Lipinski definition) is 5. The van der Waals surface area contributed by atoms with E-state index in [1.54, 1.807) is 24.3 Å². The smallest absolute Gasteiger partial charge is 0.387 e. The SMILES string of the molecule is COc1ccc(C(=O)N(c2ccccc2)c2nc(C)cs2)cc1OC(F)F. The number of amides is 1. The Bertz CT molecular complexity index is 932. The number of carbonyl (C=O) groups excluding carboxylic acids is 1. The van der Waals surface area contributed by atoms with Crippen LogP contribution in [0.4, 0.5) is 19.6 Å². The molecule has 0 radical (unpaired) electrons. The van der Waals surface area contributed by atoms with Crippen LogP contribution in [0.25, 0.3) is 0 Å². The molecule has 0 saturated heterocycles. The average Bonchev–Trinajstić information content (AvgIpc) is 3.08. The lowest BCUT2D eigenvalue weighted by Crippen LogP contribution is -2.26. The molecule has 3 rings (SSSR count). The highest BCUT2D eigenvalue weighted by molar-refractivity contribution is 7.14. The molecule has 0 aliphatic rings. The molecular formula is C19H16F2N2O3S. The first kappa shape index (κ1) is 18.8. The third kappa shape index (κ3) is 4.22. The van der Waals surface area contributed by atoms with E-state index in [1.807, 2.05) is 18.4 Å². The van der Waals surface area contributed by atoms with Gasteiger partial charge in [-0.3, -0.25) is 9.69 Å². The summed E-state index contributed by atoms with van der Waals surface area (Å²) in [6.07, 6.45) is 0. The lowest BCUT2D eigenvalue weighted by molar-refractivity contribution is -0.0512. The van der Waals surface area contributed by atoms with Gasteiger partial charge in [-0.1, -0.05) is 18.2 Å². The second-order valence-corrected chi connectivity index (χ2v) is 6.33. The van der Waals surface area contributed by atoms with Crippen molar-refractivity contribution in [2.45, 2.75) is 13.5 Å². The number of halogens is 2. The zero-order chi connectivity index (χ0) is 19.4. The van der Waals surface area contributed by atoms with Gasteiger partial charge in [0.1, 0.15) is 0 Å². The van der Waals surface area contributed by atoms with Crippen LogP contribution >= 0.6 is 11.3 Å². The highest BCUT2D eigenvalue weighted by Gasteiger charge is 2.24. The minimum Gasteiger partial charge on any atom is -0.493 e. The maximum absolute atomic E-state index is 13.2. The van der Waals surface area contributed by atoms with Crippen molar-refractivity contribution in [1.82, 2.24) is 4.98 Å². The number of aromatic nitrogens is 1. The van der Waals surface area contributed by atoms with Gasteiger partial charge < -0.3 is 9.47 Å². The van der Waals surface area contributed by atoms with Crippen molar-refractivity contribution in [2.75, 3.05) is 12.0 Å². The van der Waals surface area contributed by atoms with E-state index in [2.05, 4.69) is 9.72 Å². The van der Waals surface area contributed by atoms with E-state index < -0.39 is 12.5 Å². The Balaban J connectivity index is 2.04. The van der Waals surface area contributed by atoms with Gasteiger partial charge in [0.25, 0.3) is 5.91 Å². The summed E-state index contributed by atoms with van der Waals surface area (Å²) in [7, 11) is 1.34. The second-order valence-electron chi connectivity index (χ2n) is 5.49. The Morgan fingerprint density at radius 1 is 1.15 bits per heavy atom. The minimum absolute atomic E-state index is 0.114. The summed E-state index contributed by atoms with van der Waals surface area (Å²) in [6, 6.07) is 13.1. The van der Waals surface area contributed by atoms with E-state index in [1.165, 1.54) is 41.5 Å². The Morgan fingerprint density at radius 2 is 1.89 bits per heavy atom. The molecule has 0 N–H and O–H groups in total. The van der Waals surface area contributed by atoms with Crippen LogP contribution in [-0.2, 0) is 0 Å². The standard InChI is InChI=1S/C19H16F2N2O3S/c1-12-11-27-19(22-12)23(14-6-4-3-5-7-14)17(24)13-8-9-15(25-2)16(10-13)26-18(20)21/h3-11,18H,1-2H3. The largest absolute Gasteiger partial charge is 0.493 e. The number of hydrogen-bond donors (Lipinski definition) is 0. The van der Waals surface area contributed by atoms with E-state index in [0.717, 1.165) is 5.69 Å². The summed E-state index contributed by atoms with van der Waals surface area (Å²) < 4.78 is 34.9. The molecule has 3 aromatic rings. The number of methoxy groups -OCH3 is 1. The number of nitrogens with zero attached hydrogens (tertiary/aromatic N) is 2. The van der Waals surface area contributed by atoms with Gasteiger partial charge in [0.05, 0.1) is 18.5 Å². The molecule has 5 nitrogen and oxygen atoms in total. The Labute approximate surface area is 158 Å². The number of aryl methyl sites for hydroxylation is 1. The van der Waals surface area contributed by atoms with Gasteiger partial charge in [-0.05, 0) is 37.3 Å². The maximum atomic E-state index is 13.2. The molecule has 1 heterocycles. The average molecular weight is 390 g/mol. The quantitative estimate of drug-likeness (QED) is 0.592. The molecule has 27 heavy (non-hydrogen) atoms. The number of para-hydroxylation sites is 1. The predicted molar refractivity (Wildman–Crippen MR) is 99.4 cm³/mol. The van der Waals surface area contributed by atoms with E-state index in [4.69, 9.17) is 4.74 Å². The summed E-state index contributed by atoms with van der Waals surface area (Å²) >= 11 is 1.32. The topological polar surface area (TPSA) is 51.7 Å². The van der Waals surface area contributed by atoms with Crippen molar-refractivity contribution < 1.29 is 23.0 Å². The summed E-state index contributed by atoms with van der Waals surface area (Å²) in [4.78, 5) is 19.0. The van der Waals surface area contributed by atoms with Crippen LogP contribution in [0.5, 0.6) is 11.5 Å². The van der Waals surface area contributed by atoms with Gasteiger partial charge in [-0.25, -0.2) is 4.98 Å². The third-order valence-corrected chi connectivity index (χ3v) is 4.59. The van der Waals surface area contributed by atoms with Crippen LogP contribution in [0.2, 0.25) is 0 Å². The van der Waals surface area contributed by atoms with Crippen LogP contribution in [0.15, 0.2) is 53.9 Å². The summed E-state index contributed by atoms with van der Waals surface area (Å²) in [6.45, 7) is -1.20.